The summed E-state index contributed by atoms with van der Waals surface area (Å²) < 4.78 is 2.18. The lowest BCUT2D eigenvalue weighted by Gasteiger charge is -2.01. The topological polar surface area (TPSA) is 34.9 Å². The van der Waals surface area contributed by atoms with Gasteiger partial charge in [-0.2, -0.15) is 0 Å². The van der Waals surface area contributed by atoms with Crippen LogP contribution >= 0.6 is 34.5 Å². The van der Waals surface area contributed by atoms with Crippen LogP contribution in [0.5, 0.6) is 0 Å². The van der Waals surface area contributed by atoms with Crippen molar-refractivity contribution in [1.29, 1.82) is 0 Å². The van der Waals surface area contributed by atoms with Crippen LogP contribution in [0.4, 0.5) is 0 Å². The van der Waals surface area contributed by atoms with E-state index in [4.69, 9.17) is 23.2 Å². The Balaban J connectivity index is 2.28. The van der Waals surface area contributed by atoms with Crippen LogP contribution in [0.3, 0.4) is 0 Å². The van der Waals surface area contributed by atoms with Gasteiger partial charge in [-0.25, -0.2) is 4.98 Å². The summed E-state index contributed by atoms with van der Waals surface area (Å²) in [6.45, 7) is 0.465. The molecular weight excluding hydrogens is 255 g/mol. The SMILES string of the molecule is O=c1cc(Cl)ncn1Cc1csc(Cl)c1. The summed E-state index contributed by atoms with van der Waals surface area (Å²) in [5, 5.41) is 2.11. The van der Waals surface area contributed by atoms with Crippen LogP contribution in [0.15, 0.2) is 28.6 Å². The van der Waals surface area contributed by atoms with Crippen molar-refractivity contribution < 1.29 is 0 Å². The standard InChI is InChI=1S/C9H6Cl2N2OS/c10-7-2-9(14)13(5-12-7)3-6-1-8(11)15-4-6/h1-2,4-5H,3H2. The molecule has 2 heterocycles. The normalized spacial score (nSPS) is 10.5. The molecule has 0 atom stereocenters. The number of hydrogen-bond acceptors (Lipinski definition) is 3. The molecule has 0 bridgehead atoms. The average molecular weight is 261 g/mol. The van der Waals surface area contributed by atoms with Crippen molar-refractivity contribution in [2.75, 3.05) is 0 Å². The molecule has 0 N–H and O–H groups in total. The zero-order valence-corrected chi connectivity index (χ0v) is 9.81. The van der Waals surface area contributed by atoms with E-state index >= 15 is 0 Å². The lowest BCUT2D eigenvalue weighted by molar-refractivity contribution is 0.738. The summed E-state index contributed by atoms with van der Waals surface area (Å²) in [6, 6.07) is 3.11. The van der Waals surface area contributed by atoms with Crippen LogP contribution in [0.1, 0.15) is 5.56 Å². The van der Waals surface area contributed by atoms with E-state index in [-0.39, 0.29) is 10.7 Å². The van der Waals surface area contributed by atoms with E-state index in [0.29, 0.717) is 10.9 Å². The van der Waals surface area contributed by atoms with Gasteiger partial charge in [0.1, 0.15) is 5.15 Å². The van der Waals surface area contributed by atoms with Crippen LogP contribution in [0.2, 0.25) is 9.49 Å². The Morgan fingerprint density at radius 3 is 2.80 bits per heavy atom. The maximum atomic E-state index is 11.5. The highest BCUT2D eigenvalue weighted by atomic mass is 35.5. The van der Waals surface area contributed by atoms with Gasteiger partial charge in [0.05, 0.1) is 17.2 Å². The predicted octanol–water partition coefficient (Wildman–Crippen LogP) is 2.66. The van der Waals surface area contributed by atoms with Gasteiger partial charge in [0, 0.05) is 6.07 Å². The van der Waals surface area contributed by atoms with E-state index in [1.54, 1.807) is 0 Å². The third-order valence-corrected chi connectivity index (χ3v) is 3.17. The van der Waals surface area contributed by atoms with Gasteiger partial charge >= 0.3 is 0 Å². The molecule has 15 heavy (non-hydrogen) atoms. The first kappa shape index (κ1) is 10.7. The number of thiophene rings is 1. The van der Waals surface area contributed by atoms with Crippen molar-refractivity contribution in [2.45, 2.75) is 6.54 Å². The Kier molecular flexibility index (Phi) is 3.09. The molecule has 0 saturated carbocycles. The number of rotatable bonds is 2. The maximum Gasteiger partial charge on any atom is 0.255 e. The fraction of sp³-hybridized carbons (Fsp3) is 0.111. The predicted molar refractivity (Wildman–Crippen MR) is 61.9 cm³/mol. The Bertz CT molecular complexity index is 535. The molecule has 2 rings (SSSR count). The zero-order chi connectivity index (χ0) is 10.8. The Labute approximate surface area is 99.9 Å². The highest BCUT2D eigenvalue weighted by Crippen LogP contribution is 2.20. The molecule has 0 aliphatic heterocycles. The van der Waals surface area contributed by atoms with E-state index in [2.05, 4.69) is 4.98 Å². The fourth-order valence-corrected chi connectivity index (χ4v) is 2.18. The Hall–Kier alpha value is -0.840. The molecule has 0 unspecified atom stereocenters. The summed E-state index contributed by atoms with van der Waals surface area (Å²) in [5.41, 5.74) is 0.813. The second-order valence-corrected chi connectivity index (χ2v) is 4.87. The first-order valence-corrected chi connectivity index (χ1v) is 5.73. The van der Waals surface area contributed by atoms with E-state index in [0.717, 1.165) is 5.56 Å². The molecule has 0 saturated heterocycles. The van der Waals surface area contributed by atoms with Crippen LogP contribution in [-0.2, 0) is 6.54 Å². The zero-order valence-electron chi connectivity index (χ0n) is 7.48. The van der Waals surface area contributed by atoms with Crippen molar-refractivity contribution >= 4 is 34.5 Å². The molecule has 0 amide bonds. The highest BCUT2D eigenvalue weighted by Gasteiger charge is 2.01. The number of hydrogen-bond donors (Lipinski definition) is 0. The quantitative estimate of drug-likeness (QED) is 0.779. The Morgan fingerprint density at radius 2 is 2.20 bits per heavy atom. The molecule has 78 valence electrons. The molecule has 0 aliphatic carbocycles. The smallest absolute Gasteiger partial charge is 0.255 e. The lowest BCUT2D eigenvalue weighted by Crippen LogP contribution is -2.19. The van der Waals surface area contributed by atoms with Crippen molar-refractivity contribution in [2.24, 2.45) is 0 Å². The first-order chi connectivity index (χ1) is 7.15. The largest absolute Gasteiger partial charge is 0.295 e. The first-order valence-electron chi connectivity index (χ1n) is 4.10. The number of aromatic nitrogens is 2. The van der Waals surface area contributed by atoms with Gasteiger partial charge in [-0.1, -0.05) is 23.2 Å². The monoisotopic (exact) mass is 260 g/mol. The molecule has 2 aromatic rings. The van der Waals surface area contributed by atoms with Gasteiger partial charge in [0.15, 0.2) is 0 Å². The van der Waals surface area contributed by atoms with Gasteiger partial charge in [-0.15, -0.1) is 11.3 Å². The molecule has 2 aromatic heterocycles. The van der Waals surface area contributed by atoms with E-state index in [9.17, 15) is 4.79 Å². The fourth-order valence-electron chi connectivity index (χ4n) is 1.15. The minimum Gasteiger partial charge on any atom is -0.295 e. The third kappa shape index (κ3) is 2.59. The molecule has 0 aromatic carbocycles. The minimum atomic E-state index is -0.169. The van der Waals surface area contributed by atoms with E-state index in [1.165, 1.54) is 28.3 Å². The number of halogens is 2. The van der Waals surface area contributed by atoms with Gasteiger partial charge in [-0.3, -0.25) is 9.36 Å². The molecule has 0 aliphatic rings. The van der Waals surface area contributed by atoms with Gasteiger partial charge in [0.2, 0.25) is 0 Å². The summed E-state index contributed by atoms with van der Waals surface area (Å²) in [5.74, 6) is 0. The third-order valence-electron chi connectivity index (χ3n) is 1.82. The summed E-state index contributed by atoms with van der Waals surface area (Å²) >= 11 is 12.8. The summed E-state index contributed by atoms with van der Waals surface area (Å²) in [7, 11) is 0. The molecule has 6 heteroatoms. The van der Waals surface area contributed by atoms with E-state index < -0.39 is 0 Å². The van der Waals surface area contributed by atoms with Crippen molar-refractivity contribution in [3.8, 4) is 0 Å². The van der Waals surface area contributed by atoms with Crippen LogP contribution in [-0.4, -0.2) is 9.55 Å². The van der Waals surface area contributed by atoms with Gasteiger partial charge in [-0.05, 0) is 17.0 Å². The molecule has 0 spiro atoms. The molecule has 0 fully saturated rings. The van der Waals surface area contributed by atoms with Crippen molar-refractivity contribution in [1.82, 2.24) is 9.55 Å². The average Bonchev–Trinajstić information content (AvgIpc) is 2.56. The summed E-state index contributed by atoms with van der Waals surface area (Å²) in [4.78, 5) is 15.3. The lowest BCUT2D eigenvalue weighted by atomic mass is 10.3. The highest BCUT2D eigenvalue weighted by molar-refractivity contribution is 7.14. The van der Waals surface area contributed by atoms with Crippen LogP contribution < -0.4 is 5.56 Å². The molecule has 0 radical (unpaired) electrons. The maximum absolute atomic E-state index is 11.5. The Morgan fingerprint density at radius 1 is 1.40 bits per heavy atom. The number of nitrogens with zero attached hydrogens (tertiary/aromatic N) is 2. The van der Waals surface area contributed by atoms with Gasteiger partial charge < -0.3 is 0 Å². The minimum absolute atomic E-state index is 0.169. The summed E-state index contributed by atoms with van der Waals surface area (Å²) in [6.07, 6.45) is 1.43. The van der Waals surface area contributed by atoms with Crippen molar-refractivity contribution in [3.05, 3.63) is 49.2 Å². The second-order valence-electron chi connectivity index (χ2n) is 2.94. The van der Waals surface area contributed by atoms with Gasteiger partial charge in [0.25, 0.3) is 5.56 Å². The molecular formula is C9H6Cl2N2OS. The van der Waals surface area contributed by atoms with Crippen molar-refractivity contribution in [3.63, 3.8) is 0 Å². The van der Waals surface area contributed by atoms with Crippen LogP contribution in [0.25, 0.3) is 0 Å². The molecule has 3 nitrogen and oxygen atoms in total. The van der Waals surface area contributed by atoms with Crippen LogP contribution in [0, 0.1) is 0 Å². The second kappa shape index (κ2) is 4.35. The van der Waals surface area contributed by atoms with E-state index in [1.807, 2.05) is 11.4 Å².